The first-order valence-electron chi connectivity index (χ1n) is 38.2. The number of hydrogen-bond acceptors (Lipinski definition) is 14. The summed E-state index contributed by atoms with van der Waals surface area (Å²) in [5.41, 5.74) is 0. The van der Waals surface area contributed by atoms with E-state index >= 15 is 0 Å². The van der Waals surface area contributed by atoms with E-state index < -0.39 is 91.5 Å². The molecule has 0 saturated heterocycles. The fraction of sp³-hybridized carbons (Fsp3) is 0.805. The Balaban J connectivity index is 4.25. The van der Waals surface area contributed by atoms with Crippen molar-refractivity contribution in [2.45, 2.75) is 360 Å². The number of carbonyl (C=O) groups excluding carboxylic acids is 3. The molecule has 4 N–H and O–H groups in total. The predicted molar refractivity (Wildman–Crippen MR) is 390 cm³/mol. The van der Waals surface area contributed by atoms with Gasteiger partial charge >= 0.3 is 33.6 Å². The van der Waals surface area contributed by atoms with E-state index in [1.165, 1.54) is 180 Å². The molecule has 5 atom stereocenters. The lowest BCUT2D eigenvalue weighted by Crippen LogP contribution is -2.30. The summed E-state index contributed by atoms with van der Waals surface area (Å²) >= 11 is 0. The lowest BCUT2D eigenvalue weighted by Gasteiger charge is -2.21. The van der Waals surface area contributed by atoms with Crippen molar-refractivity contribution in [2.24, 2.45) is 0 Å². The molecule has 0 aliphatic heterocycles. The first-order valence-corrected chi connectivity index (χ1v) is 41.2. The number of phosphoric ester groups is 2. The van der Waals surface area contributed by atoms with E-state index in [0.717, 1.165) is 103 Å². The number of aliphatic hydroxyl groups excluding tert-OH is 2. The number of phosphoric acid groups is 2. The maximum absolute atomic E-state index is 12.9. The molecule has 0 rings (SSSR count). The van der Waals surface area contributed by atoms with E-state index in [2.05, 4.69) is 93.7 Å². The van der Waals surface area contributed by atoms with Gasteiger partial charge in [0, 0.05) is 19.3 Å². The van der Waals surface area contributed by atoms with Gasteiger partial charge in [0.1, 0.15) is 25.4 Å². The van der Waals surface area contributed by atoms with Crippen molar-refractivity contribution in [2.75, 3.05) is 39.6 Å². The molecule has 0 radical (unpaired) electrons. The summed E-state index contributed by atoms with van der Waals surface area (Å²) in [6.45, 7) is 2.59. The molecule has 0 aliphatic rings. The normalized spacial score (nSPS) is 14.5. The first-order chi connectivity index (χ1) is 46.2. The highest BCUT2D eigenvalue weighted by Crippen LogP contribution is 2.45. The maximum Gasteiger partial charge on any atom is 0.472 e. The zero-order valence-corrected chi connectivity index (χ0v) is 62.1. The van der Waals surface area contributed by atoms with Crippen LogP contribution in [0.4, 0.5) is 0 Å². The maximum atomic E-state index is 12.9. The molecule has 0 saturated carbocycles. The lowest BCUT2D eigenvalue weighted by molar-refractivity contribution is -0.161. The van der Waals surface area contributed by atoms with Gasteiger partial charge in [0.15, 0.2) is 6.10 Å². The Kier molecular flexibility index (Phi) is 68.6. The number of allylic oxidation sites excluding steroid dienone is 12. The van der Waals surface area contributed by atoms with Gasteiger partial charge in [0.05, 0.1) is 26.4 Å². The summed E-state index contributed by atoms with van der Waals surface area (Å²) in [4.78, 5) is 58.3. The Morgan fingerprint density at radius 3 is 0.884 bits per heavy atom. The molecule has 554 valence electrons. The summed E-state index contributed by atoms with van der Waals surface area (Å²) in [6, 6.07) is 0. The molecule has 0 aliphatic carbocycles. The van der Waals surface area contributed by atoms with E-state index in [0.29, 0.717) is 19.3 Å². The van der Waals surface area contributed by atoms with Gasteiger partial charge in [-0.05, 0) is 70.6 Å². The number of rotatable bonds is 73. The van der Waals surface area contributed by atoms with Gasteiger partial charge in [0.2, 0.25) is 0 Å². The minimum absolute atomic E-state index is 0.113. The molecule has 0 heterocycles. The Bertz CT molecular complexity index is 2020. The fourth-order valence-corrected chi connectivity index (χ4v) is 12.2. The number of hydrogen-bond donors (Lipinski definition) is 4. The zero-order valence-electron chi connectivity index (χ0n) is 60.3. The Labute approximate surface area is 579 Å². The van der Waals surface area contributed by atoms with Crippen molar-refractivity contribution >= 4 is 33.6 Å². The van der Waals surface area contributed by atoms with Gasteiger partial charge in [-0.1, -0.05) is 325 Å². The summed E-state index contributed by atoms with van der Waals surface area (Å²) < 4.78 is 60.9. The largest absolute Gasteiger partial charge is 0.472 e. The monoisotopic (exact) mass is 1380 g/mol. The third-order valence-corrected chi connectivity index (χ3v) is 18.3. The lowest BCUT2D eigenvalue weighted by atomic mass is 10.0. The van der Waals surface area contributed by atoms with Crippen LogP contribution in [0.1, 0.15) is 342 Å². The number of unbranched alkanes of at least 4 members (excludes halogenated alkanes) is 38. The molecular formula is C77H140O16P2. The van der Waals surface area contributed by atoms with Gasteiger partial charge in [-0.15, -0.1) is 0 Å². The average Bonchev–Trinajstić information content (AvgIpc) is 3.02. The standard InChI is InChI=1S/C77H140O16P2/c1-4-7-10-13-16-19-22-24-25-26-27-28-29-30-31-32-33-34-35-36-37-38-39-40-41-42-43-44-45-47-50-51-54-57-60-63-75(80)87-66-72(78)67-89-94(83,84)90-68-73(79)69-91-95(85,86)92-71-74(93-77(82)65-62-59-56-53-48-21-18-15-12-9-6-3)70-88-76(81)64-61-58-55-52-49-46-23-20-17-14-11-8-5-2/h7,10,16,19,24-25,27-28,30-31,33-34,72-74,78-79H,4-6,8-9,11-15,17-18,20-23,26,29,32,35-71H2,1-3H3,(H,83,84)(H,85,86)/b10-7-,19-16-,25-24-,28-27-,31-30-,34-33-. The van der Waals surface area contributed by atoms with Crippen LogP contribution >= 0.6 is 15.6 Å². The Hall–Kier alpha value is -3.01. The van der Waals surface area contributed by atoms with Gasteiger partial charge in [-0.25, -0.2) is 9.13 Å². The van der Waals surface area contributed by atoms with Crippen molar-refractivity contribution in [3.63, 3.8) is 0 Å². The predicted octanol–water partition coefficient (Wildman–Crippen LogP) is 21.9. The van der Waals surface area contributed by atoms with Crippen LogP contribution in [0.15, 0.2) is 72.9 Å². The summed E-state index contributed by atoms with van der Waals surface area (Å²) in [5.74, 6) is -1.55. The van der Waals surface area contributed by atoms with Crippen LogP contribution < -0.4 is 0 Å². The molecule has 5 unspecified atom stereocenters. The number of ether oxygens (including phenoxy) is 3. The van der Waals surface area contributed by atoms with Crippen molar-refractivity contribution in [3.05, 3.63) is 72.9 Å². The summed E-state index contributed by atoms with van der Waals surface area (Å²) in [5, 5.41) is 20.6. The highest BCUT2D eigenvalue weighted by molar-refractivity contribution is 7.47. The minimum Gasteiger partial charge on any atom is -0.463 e. The van der Waals surface area contributed by atoms with Crippen molar-refractivity contribution in [1.29, 1.82) is 0 Å². The van der Waals surface area contributed by atoms with Gasteiger partial charge in [-0.3, -0.25) is 32.5 Å². The second-order valence-electron chi connectivity index (χ2n) is 25.8. The quantitative estimate of drug-likeness (QED) is 0.0146. The fourth-order valence-electron chi connectivity index (χ4n) is 10.6. The van der Waals surface area contributed by atoms with Gasteiger partial charge < -0.3 is 34.2 Å². The van der Waals surface area contributed by atoms with E-state index in [-0.39, 0.29) is 19.3 Å². The molecule has 18 heteroatoms. The third kappa shape index (κ3) is 72.1. The Morgan fingerprint density at radius 1 is 0.305 bits per heavy atom. The molecule has 0 fully saturated rings. The average molecular weight is 1380 g/mol. The van der Waals surface area contributed by atoms with Crippen LogP contribution in [0.25, 0.3) is 0 Å². The van der Waals surface area contributed by atoms with Gasteiger partial charge in [-0.2, -0.15) is 0 Å². The van der Waals surface area contributed by atoms with Crippen molar-refractivity contribution < 1.29 is 75.8 Å². The number of carbonyl (C=O) groups is 3. The molecule has 0 bridgehead atoms. The van der Waals surface area contributed by atoms with Crippen LogP contribution in [-0.4, -0.2) is 95.9 Å². The highest BCUT2D eigenvalue weighted by Gasteiger charge is 2.29. The van der Waals surface area contributed by atoms with Crippen LogP contribution in [-0.2, 0) is 55.8 Å². The van der Waals surface area contributed by atoms with Crippen LogP contribution in [0.2, 0.25) is 0 Å². The smallest absolute Gasteiger partial charge is 0.463 e. The molecule has 16 nitrogen and oxygen atoms in total. The van der Waals surface area contributed by atoms with E-state index in [9.17, 15) is 43.5 Å². The number of esters is 3. The molecule has 0 aromatic heterocycles. The SMILES string of the molecule is CC/C=C\C/C=C\C/C=C\C/C=C\C/C=C\C/C=C\CCCCCCCCCCCCCCCCCCC(=O)OCC(O)COP(=O)(O)OCC(O)COP(=O)(O)OCC(COC(=O)CCCCCCCCCCCCCCC)OC(=O)CCCCCCCCCCCCC. The van der Waals surface area contributed by atoms with E-state index in [4.69, 9.17) is 32.3 Å². The van der Waals surface area contributed by atoms with Crippen LogP contribution in [0.3, 0.4) is 0 Å². The van der Waals surface area contributed by atoms with Crippen molar-refractivity contribution in [3.8, 4) is 0 Å². The third-order valence-electron chi connectivity index (χ3n) is 16.4. The van der Waals surface area contributed by atoms with E-state index in [1.807, 2.05) is 0 Å². The molecule has 0 amide bonds. The molecular weight excluding hydrogens is 1240 g/mol. The zero-order chi connectivity index (χ0) is 69.5. The second kappa shape index (κ2) is 70.8. The number of aliphatic hydroxyl groups is 2. The minimum atomic E-state index is -4.91. The van der Waals surface area contributed by atoms with Gasteiger partial charge in [0.25, 0.3) is 0 Å². The Morgan fingerprint density at radius 2 is 0.558 bits per heavy atom. The summed E-state index contributed by atoms with van der Waals surface area (Å²) in [6.07, 6.45) is 77.0. The topological polar surface area (TPSA) is 231 Å². The van der Waals surface area contributed by atoms with Crippen molar-refractivity contribution in [1.82, 2.24) is 0 Å². The van der Waals surface area contributed by atoms with Crippen LogP contribution in [0.5, 0.6) is 0 Å². The molecule has 0 aromatic carbocycles. The van der Waals surface area contributed by atoms with Crippen LogP contribution in [0, 0.1) is 0 Å². The molecule has 0 spiro atoms. The van der Waals surface area contributed by atoms with E-state index in [1.54, 1.807) is 0 Å². The molecule has 0 aromatic rings. The molecule has 95 heavy (non-hydrogen) atoms. The second-order valence-corrected chi connectivity index (χ2v) is 28.7. The highest BCUT2D eigenvalue weighted by atomic mass is 31.2. The first kappa shape index (κ1) is 92.0. The summed E-state index contributed by atoms with van der Waals surface area (Å²) in [7, 11) is -9.75.